The first-order chi connectivity index (χ1) is 11.7. The Labute approximate surface area is 141 Å². The number of aromatic nitrogens is 2. The van der Waals surface area contributed by atoms with Crippen molar-refractivity contribution < 1.29 is 4.79 Å². The number of rotatable bonds is 5. The van der Waals surface area contributed by atoms with Gasteiger partial charge in [-0.15, -0.1) is 0 Å². The number of hydrogen-bond acceptors (Lipinski definition) is 2. The zero-order chi connectivity index (χ0) is 16.9. The summed E-state index contributed by atoms with van der Waals surface area (Å²) in [6.45, 7) is 5.71. The molecule has 0 saturated heterocycles. The van der Waals surface area contributed by atoms with Gasteiger partial charge in [-0.1, -0.05) is 55.1 Å². The van der Waals surface area contributed by atoms with Crippen molar-refractivity contribution in [3.63, 3.8) is 0 Å². The minimum Gasteiger partial charge on any atom is -0.347 e. The van der Waals surface area contributed by atoms with Crippen LogP contribution < -0.4 is 5.32 Å². The van der Waals surface area contributed by atoms with E-state index in [0.29, 0.717) is 12.1 Å². The van der Waals surface area contributed by atoms with E-state index in [4.69, 9.17) is 0 Å². The molecule has 0 bridgehead atoms. The molecule has 1 aromatic heterocycles. The van der Waals surface area contributed by atoms with Crippen molar-refractivity contribution in [3.8, 4) is 16.9 Å². The van der Waals surface area contributed by atoms with Crippen LogP contribution in [0.3, 0.4) is 0 Å². The van der Waals surface area contributed by atoms with E-state index in [2.05, 4.69) is 16.9 Å². The average molecular weight is 317 g/mol. The molecule has 4 nitrogen and oxygen atoms in total. The highest BCUT2D eigenvalue weighted by Gasteiger charge is 2.15. The standard InChI is InChI=1S/C20H19N3O/c1-15(2)20(24)21-13-18-19(16-9-5-3-6-10-16)23(14-22-18)17-11-7-4-8-12-17/h3-12,14H,1,13H2,2H3,(H,21,24). The number of imidazole rings is 1. The van der Waals surface area contributed by atoms with E-state index >= 15 is 0 Å². The smallest absolute Gasteiger partial charge is 0.246 e. The lowest BCUT2D eigenvalue weighted by atomic mass is 10.1. The minimum absolute atomic E-state index is 0.164. The van der Waals surface area contributed by atoms with Crippen LogP contribution in [-0.4, -0.2) is 15.5 Å². The van der Waals surface area contributed by atoms with E-state index in [-0.39, 0.29) is 5.91 Å². The number of amides is 1. The van der Waals surface area contributed by atoms with E-state index in [1.165, 1.54) is 0 Å². The summed E-state index contributed by atoms with van der Waals surface area (Å²) >= 11 is 0. The molecule has 120 valence electrons. The first kappa shape index (κ1) is 15.7. The Hall–Kier alpha value is -3.14. The fourth-order valence-electron chi connectivity index (χ4n) is 2.52. The third-order valence-electron chi connectivity index (χ3n) is 3.73. The van der Waals surface area contributed by atoms with Gasteiger partial charge < -0.3 is 5.32 Å². The van der Waals surface area contributed by atoms with Crippen molar-refractivity contribution in [2.75, 3.05) is 0 Å². The van der Waals surface area contributed by atoms with Gasteiger partial charge in [0.25, 0.3) is 0 Å². The monoisotopic (exact) mass is 317 g/mol. The topological polar surface area (TPSA) is 46.9 Å². The van der Waals surface area contributed by atoms with Crippen LogP contribution in [0.5, 0.6) is 0 Å². The van der Waals surface area contributed by atoms with Crippen LogP contribution in [-0.2, 0) is 11.3 Å². The molecule has 1 N–H and O–H groups in total. The molecule has 0 aliphatic heterocycles. The maximum Gasteiger partial charge on any atom is 0.246 e. The zero-order valence-electron chi connectivity index (χ0n) is 13.6. The van der Waals surface area contributed by atoms with Crippen LogP contribution in [0.25, 0.3) is 16.9 Å². The molecular formula is C20H19N3O. The molecule has 0 radical (unpaired) electrons. The summed E-state index contributed by atoms with van der Waals surface area (Å²) in [5.41, 5.74) is 4.36. The van der Waals surface area contributed by atoms with Gasteiger partial charge in [0.1, 0.15) is 6.33 Å². The molecule has 0 spiro atoms. The van der Waals surface area contributed by atoms with Gasteiger partial charge in [0.2, 0.25) is 5.91 Å². The zero-order valence-corrected chi connectivity index (χ0v) is 13.6. The number of carbonyl (C=O) groups is 1. The van der Waals surface area contributed by atoms with Gasteiger partial charge in [-0.3, -0.25) is 9.36 Å². The Morgan fingerprint density at radius 2 is 1.71 bits per heavy atom. The van der Waals surface area contributed by atoms with Crippen molar-refractivity contribution in [2.24, 2.45) is 0 Å². The van der Waals surface area contributed by atoms with Crippen LogP contribution in [0, 0.1) is 0 Å². The molecule has 0 unspecified atom stereocenters. The second-order valence-corrected chi connectivity index (χ2v) is 5.57. The number of benzene rings is 2. The van der Waals surface area contributed by atoms with Crippen molar-refractivity contribution in [1.82, 2.24) is 14.9 Å². The third-order valence-corrected chi connectivity index (χ3v) is 3.73. The van der Waals surface area contributed by atoms with Crippen molar-refractivity contribution >= 4 is 5.91 Å². The summed E-state index contributed by atoms with van der Waals surface area (Å²) < 4.78 is 2.04. The number of hydrogen-bond donors (Lipinski definition) is 1. The highest BCUT2D eigenvalue weighted by atomic mass is 16.1. The second kappa shape index (κ2) is 6.96. The molecule has 0 atom stereocenters. The maximum atomic E-state index is 11.8. The predicted octanol–water partition coefficient (Wildman–Crippen LogP) is 3.73. The van der Waals surface area contributed by atoms with Gasteiger partial charge in [-0.05, 0) is 19.1 Å². The molecule has 3 aromatic rings. The lowest BCUT2D eigenvalue weighted by Crippen LogP contribution is -2.23. The van der Waals surface area contributed by atoms with Gasteiger partial charge in [-0.2, -0.15) is 0 Å². The van der Waals surface area contributed by atoms with Gasteiger partial charge in [0.05, 0.1) is 17.9 Å². The Balaban J connectivity index is 2.02. The predicted molar refractivity (Wildman–Crippen MR) is 95.7 cm³/mol. The van der Waals surface area contributed by atoms with E-state index in [9.17, 15) is 4.79 Å². The van der Waals surface area contributed by atoms with Crippen LogP contribution in [0.1, 0.15) is 12.6 Å². The molecular weight excluding hydrogens is 298 g/mol. The Bertz CT molecular complexity index is 851. The van der Waals surface area contributed by atoms with Crippen LogP contribution in [0.4, 0.5) is 0 Å². The van der Waals surface area contributed by atoms with Crippen LogP contribution in [0.15, 0.2) is 79.1 Å². The largest absolute Gasteiger partial charge is 0.347 e. The normalized spacial score (nSPS) is 10.4. The lowest BCUT2D eigenvalue weighted by Gasteiger charge is -2.11. The van der Waals surface area contributed by atoms with Gasteiger partial charge in [0.15, 0.2) is 0 Å². The van der Waals surface area contributed by atoms with Crippen molar-refractivity contribution in [1.29, 1.82) is 0 Å². The summed E-state index contributed by atoms with van der Waals surface area (Å²) in [5.74, 6) is -0.164. The van der Waals surface area contributed by atoms with E-state index < -0.39 is 0 Å². The molecule has 3 rings (SSSR count). The first-order valence-corrected chi connectivity index (χ1v) is 7.77. The van der Waals surface area contributed by atoms with Gasteiger partial charge >= 0.3 is 0 Å². The maximum absolute atomic E-state index is 11.8. The van der Waals surface area contributed by atoms with E-state index in [1.807, 2.05) is 65.2 Å². The fourth-order valence-corrected chi connectivity index (χ4v) is 2.52. The fraction of sp³-hybridized carbons (Fsp3) is 0.100. The number of para-hydroxylation sites is 1. The molecule has 2 aromatic carbocycles. The summed E-state index contributed by atoms with van der Waals surface area (Å²) in [5, 5.41) is 2.86. The highest BCUT2D eigenvalue weighted by molar-refractivity contribution is 5.92. The molecule has 1 heterocycles. The van der Waals surface area contributed by atoms with Gasteiger partial charge in [0, 0.05) is 16.8 Å². The number of nitrogens with zero attached hydrogens (tertiary/aromatic N) is 2. The minimum atomic E-state index is -0.164. The second-order valence-electron chi connectivity index (χ2n) is 5.57. The molecule has 0 fully saturated rings. The molecule has 1 amide bonds. The summed E-state index contributed by atoms with van der Waals surface area (Å²) in [6, 6.07) is 20.1. The number of carbonyl (C=O) groups excluding carboxylic acids is 1. The Morgan fingerprint density at radius 3 is 2.33 bits per heavy atom. The molecule has 24 heavy (non-hydrogen) atoms. The van der Waals surface area contributed by atoms with E-state index in [0.717, 1.165) is 22.6 Å². The third kappa shape index (κ3) is 3.27. The molecule has 0 aliphatic rings. The quantitative estimate of drug-likeness (QED) is 0.729. The molecule has 4 heteroatoms. The summed E-state index contributed by atoms with van der Waals surface area (Å²) in [6.07, 6.45) is 1.79. The van der Waals surface area contributed by atoms with Crippen LogP contribution in [0.2, 0.25) is 0 Å². The highest BCUT2D eigenvalue weighted by Crippen LogP contribution is 2.26. The van der Waals surface area contributed by atoms with Gasteiger partial charge in [-0.25, -0.2) is 4.98 Å². The summed E-state index contributed by atoms with van der Waals surface area (Å²) in [7, 11) is 0. The Morgan fingerprint density at radius 1 is 1.08 bits per heavy atom. The van der Waals surface area contributed by atoms with E-state index in [1.54, 1.807) is 13.3 Å². The number of nitrogens with one attached hydrogen (secondary N) is 1. The average Bonchev–Trinajstić information content (AvgIpc) is 3.05. The first-order valence-electron chi connectivity index (χ1n) is 7.77. The Kier molecular flexibility index (Phi) is 4.57. The summed E-state index contributed by atoms with van der Waals surface area (Å²) in [4.78, 5) is 16.3. The molecule has 0 aliphatic carbocycles. The van der Waals surface area contributed by atoms with Crippen molar-refractivity contribution in [2.45, 2.75) is 13.5 Å². The lowest BCUT2D eigenvalue weighted by molar-refractivity contribution is -0.117. The van der Waals surface area contributed by atoms with Crippen molar-refractivity contribution in [3.05, 3.63) is 84.8 Å². The van der Waals surface area contributed by atoms with Crippen LogP contribution >= 0.6 is 0 Å². The SMILES string of the molecule is C=C(C)C(=O)NCc1ncn(-c2ccccc2)c1-c1ccccc1. The molecule has 0 saturated carbocycles.